The van der Waals surface area contributed by atoms with Crippen LogP contribution in [0.5, 0.6) is 0 Å². The first kappa shape index (κ1) is 16.7. The van der Waals surface area contributed by atoms with E-state index in [0.717, 1.165) is 6.54 Å². The van der Waals surface area contributed by atoms with Crippen molar-refractivity contribution in [2.75, 3.05) is 0 Å². The second kappa shape index (κ2) is 7.18. The van der Waals surface area contributed by atoms with Gasteiger partial charge in [-0.25, -0.2) is 4.57 Å². The zero-order chi connectivity index (χ0) is 15.6. The monoisotopic (exact) mass is 426 g/mol. The van der Waals surface area contributed by atoms with Gasteiger partial charge < -0.3 is 24.0 Å². The zero-order valence-corrected chi connectivity index (χ0v) is 15.7. The van der Waals surface area contributed by atoms with Crippen molar-refractivity contribution in [2.24, 2.45) is 0 Å². The van der Waals surface area contributed by atoms with Gasteiger partial charge in [0, 0.05) is 6.92 Å². The van der Waals surface area contributed by atoms with Crippen molar-refractivity contribution in [3.8, 4) is 5.69 Å². The summed E-state index contributed by atoms with van der Waals surface area (Å²) in [5, 5.41) is 0. The highest BCUT2D eigenvalue weighted by molar-refractivity contribution is 5.74. The smallest absolute Gasteiger partial charge is 0.259 e. The number of para-hydroxylation sites is 3. The third kappa shape index (κ3) is 2.96. The summed E-state index contributed by atoms with van der Waals surface area (Å²) in [7, 11) is 0. The fourth-order valence-corrected chi connectivity index (χ4v) is 3.22. The first-order chi connectivity index (χ1) is 11.3. The van der Waals surface area contributed by atoms with Crippen LogP contribution < -0.4 is 28.5 Å². The van der Waals surface area contributed by atoms with Crippen LogP contribution in [0.15, 0.2) is 84.9 Å². The summed E-state index contributed by atoms with van der Waals surface area (Å²) in [6.45, 7) is 3.07. The van der Waals surface area contributed by atoms with Gasteiger partial charge in [0.05, 0.1) is 0 Å². The number of halogens is 1. The molecule has 0 N–H and O–H groups in total. The van der Waals surface area contributed by atoms with E-state index in [9.17, 15) is 0 Å². The summed E-state index contributed by atoms with van der Waals surface area (Å²) in [4.78, 5) is 0. The van der Waals surface area contributed by atoms with Crippen LogP contribution >= 0.6 is 0 Å². The average Bonchev–Trinajstić information content (AvgIpc) is 2.89. The Hall–Kier alpha value is -2.14. The minimum absolute atomic E-state index is 0. The molecule has 0 saturated heterocycles. The quantitative estimate of drug-likeness (QED) is 0.345. The van der Waals surface area contributed by atoms with E-state index < -0.39 is 0 Å². The van der Waals surface area contributed by atoms with E-state index in [2.05, 4.69) is 101 Å². The van der Waals surface area contributed by atoms with Crippen molar-refractivity contribution in [3.05, 3.63) is 96.3 Å². The van der Waals surface area contributed by atoms with Gasteiger partial charge in [-0.05, 0) is 29.8 Å². The minimum Gasteiger partial charge on any atom is -1.00 e. The Balaban J connectivity index is 0.00000169. The van der Waals surface area contributed by atoms with Crippen molar-refractivity contribution in [3.63, 3.8) is 0 Å². The second-order valence-electron chi connectivity index (χ2n) is 5.78. The molecule has 0 radical (unpaired) electrons. The van der Waals surface area contributed by atoms with E-state index in [-0.39, 0.29) is 24.0 Å². The molecule has 3 aromatic carbocycles. The van der Waals surface area contributed by atoms with Gasteiger partial charge in [-0.2, -0.15) is 4.57 Å². The lowest BCUT2D eigenvalue weighted by Crippen LogP contribution is -3.00. The van der Waals surface area contributed by atoms with E-state index in [0.29, 0.717) is 0 Å². The minimum atomic E-state index is 0. The summed E-state index contributed by atoms with van der Waals surface area (Å²) in [5.74, 6) is 1.24. The van der Waals surface area contributed by atoms with Crippen molar-refractivity contribution in [1.82, 2.24) is 4.57 Å². The predicted molar refractivity (Wildman–Crippen MR) is 93.8 cm³/mol. The molecule has 0 aliphatic heterocycles. The molecule has 0 fully saturated rings. The molecule has 1 aromatic heterocycles. The first-order valence-corrected chi connectivity index (χ1v) is 7.94. The van der Waals surface area contributed by atoms with E-state index in [1.165, 1.54) is 28.1 Å². The number of nitrogens with zero attached hydrogens (tertiary/aromatic N) is 2. The maximum atomic E-state index is 2.39. The van der Waals surface area contributed by atoms with Crippen LogP contribution in [0.3, 0.4) is 0 Å². The molecule has 0 amide bonds. The molecule has 0 bridgehead atoms. The standard InChI is InChI=1S/C21H19N2.HI/c1-17-22(16-18-10-4-2-5-11-18)20-14-8-9-15-21(20)23(17)19-12-6-3-7-13-19;/h2-15H,16H2,1H3;1H/q+1;/p-1. The molecule has 1 heterocycles. The lowest BCUT2D eigenvalue weighted by Gasteiger charge is -2.02. The highest BCUT2D eigenvalue weighted by Gasteiger charge is 2.22. The summed E-state index contributed by atoms with van der Waals surface area (Å²) >= 11 is 0. The normalized spacial score (nSPS) is 10.5. The van der Waals surface area contributed by atoms with Gasteiger partial charge >= 0.3 is 0 Å². The van der Waals surface area contributed by atoms with Crippen LogP contribution in [0.25, 0.3) is 16.7 Å². The number of benzene rings is 3. The lowest BCUT2D eigenvalue weighted by molar-refractivity contribution is -0.669. The van der Waals surface area contributed by atoms with Gasteiger partial charge in [0.15, 0.2) is 11.0 Å². The van der Waals surface area contributed by atoms with E-state index in [4.69, 9.17) is 0 Å². The molecule has 0 atom stereocenters. The first-order valence-electron chi connectivity index (χ1n) is 7.94. The summed E-state index contributed by atoms with van der Waals surface area (Å²) in [6, 6.07) is 29.8. The van der Waals surface area contributed by atoms with Crippen molar-refractivity contribution < 1.29 is 28.5 Å². The van der Waals surface area contributed by atoms with E-state index in [1.807, 2.05) is 0 Å². The average molecular weight is 426 g/mol. The Labute approximate surface area is 159 Å². The zero-order valence-electron chi connectivity index (χ0n) is 13.6. The highest BCUT2D eigenvalue weighted by Crippen LogP contribution is 2.20. The molecule has 120 valence electrons. The molecule has 24 heavy (non-hydrogen) atoms. The van der Waals surface area contributed by atoms with Gasteiger partial charge in [-0.15, -0.1) is 0 Å². The number of hydrogen-bond donors (Lipinski definition) is 0. The molecule has 4 aromatic rings. The Morgan fingerprint density at radius 1 is 0.750 bits per heavy atom. The Kier molecular flexibility index (Phi) is 5.00. The van der Waals surface area contributed by atoms with E-state index in [1.54, 1.807) is 0 Å². The van der Waals surface area contributed by atoms with Gasteiger partial charge in [-0.1, -0.05) is 60.7 Å². The fraction of sp³-hybridized carbons (Fsp3) is 0.0952. The highest BCUT2D eigenvalue weighted by atomic mass is 127. The second-order valence-corrected chi connectivity index (χ2v) is 5.78. The van der Waals surface area contributed by atoms with Gasteiger partial charge in [0.25, 0.3) is 5.82 Å². The lowest BCUT2D eigenvalue weighted by atomic mass is 10.2. The number of aromatic nitrogens is 2. The van der Waals surface area contributed by atoms with Crippen molar-refractivity contribution in [1.29, 1.82) is 0 Å². The van der Waals surface area contributed by atoms with Gasteiger partial charge in [0.2, 0.25) is 0 Å². The molecular formula is C21H19IN2. The molecule has 0 spiro atoms. The van der Waals surface area contributed by atoms with Crippen LogP contribution in [-0.2, 0) is 6.54 Å². The van der Waals surface area contributed by atoms with Crippen LogP contribution in [-0.4, -0.2) is 4.57 Å². The van der Waals surface area contributed by atoms with Crippen molar-refractivity contribution in [2.45, 2.75) is 13.5 Å². The maximum absolute atomic E-state index is 2.39. The summed E-state index contributed by atoms with van der Waals surface area (Å²) in [5.41, 5.74) is 5.02. The molecule has 0 aliphatic carbocycles. The Morgan fingerprint density at radius 2 is 1.33 bits per heavy atom. The molecule has 0 unspecified atom stereocenters. The van der Waals surface area contributed by atoms with Crippen LogP contribution in [0, 0.1) is 6.92 Å². The number of imidazole rings is 1. The largest absolute Gasteiger partial charge is 1.00 e. The SMILES string of the molecule is Cc1n(-c2ccccc2)c2ccccc2[n+]1Cc1ccccc1.[I-]. The summed E-state index contributed by atoms with van der Waals surface area (Å²) < 4.78 is 4.72. The fourth-order valence-electron chi connectivity index (χ4n) is 3.22. The maximum Gasteiger partial charge on any atom is 0.259 e. The van der Waals surface area contributed by atoms with Crippen LogP contribution in [0.2, 0.25) is 0 Å². The van der Waals surface area contributed by atoms with Crippen molar-refractivity contribution >= 4 is 11.0 Å². The number of hydrogen-bond acceptors (Lipinski definition) is 0. The van der Waals surface area contributed by atoms with Crippen LogP contribution in [0.1, 0.15) is 11.4 Å². The third-order valence-electron chi connectivity index (χ3n) is 4.33. The number of rotatable bonds is 3. The Morgan fingerprint density at radius 3 is 2.04 bits per heavy atom. The predicted octanol–water partition coefficient (Wildman–Crippen LogP) is 1.28. The topological polar surface area (TPSA) is 8.81 Å². The molecular weight excluding hydrogens is 407 g/mol. The molecule has 3 heteroatoms. The molecule has 4 rings (SSSR count). The van der Waals surface area contributed by atoms with Gasteiger partial charge in [0.1, 0.15) is 12.2 Å². The molecule has 0 aliphatic rings. The Bertz CT molecular complexity index is 944. The number of fused-ring (bicyclic) bond motifs is 1. The van der Waals surface area contributed by atoms with E-state index >= 15 is 0 Å². The molecule has 0 saturated carbocycles. The summed E-state index contributed by atoms with van der Waals surface area (Å²) in [6.07, 6.45) is 0. The van der Waals surface area contributed by atoms with Crippen LogP contribution in [0.4, 0.5) is 0 Å². The molecule has 2 nitrogen and oxygen atoms in total. The third-order valence-corrected chi connectivity index (χ3v) is 4.33. The van der Waals surface area contributed by atoms with Gasteiger partial charge in [-0.3, -0.25) is 0 Å².